The van der Waals surface area contributed by atoms with Crippen LogP contribution in [-0.4, -0.2) is 39.8 Å². The molecule has 1 amide bonds. The number of amides is 1. The average molecular weight is 310 g/mol. The number of aliphatic hydroxyl groups is 1. The van der Waals surface area contributed by atoms with Crippen LogP contribution >= 0.6 is 0 Å². The molecule has 0 saturated heterocycles. The van der Waals surface area contributed by atoms with Gasteiger partial charge in [0.25, 0.3) is 0 Å². The number of hydrazone groups is 1. The number of Topliss-reactive ketones (excluding diaryl/α,β-unsaturated/α-hetero) is 1. The summed E-state index contributed by atoms with van der Waals surface area (Å²) in [7, 11) is 0. The molecule has 1 aliphatic rings. The van der Waals surface area contributed by atoms with Gasteiger partial charge in [0, 0.05) is 19.4 Å². The molecule has 1 rings (SSSR count). The minimum Gasteiger partial charge on any atom is -0.512 e. The van der Waals surface area contributed by atoms with E-state index in [1.807, 2.05) is 0 Å². The monoisotopic (exact) mass is 310 g/mol. The van der Waals surface area contributed by atoms with Crippen molar-refractivity contribution in [3.8, 4) is 0 Å². The van der Waals surface area contributed by atoms with Gasteiger partial charge in [-0.1, -0.05) is 6.92 Å². The highest BCUT2D eigenvalue weighted by molar-refractivity contribution is 6.24. The third-order valence-electron chi connectivity index (χ3n) is 3.15. The summed E-state index contributed by atoms with van der Waals surface area (Å²) in [6.07, 6.45) is 1.43. The number of nitrogens with zero attached hydrogens (tertiary/aromatic N) is 2. The summed E-state index contributed by atoms with van der Waals surface area (Å²) >= 11 is 0. The molecule has 0 heterocycles. The van der Waals surface area contributed by atoms with Crippen molar-refractivity contribution in [2.45, 2.75) is 65.9 Å². The molecule has 6 heteroatoms. The molecule has 1 saturated carbocycles. The van der Waals surface area contributed by atoms with Crippen LogP contribution in [0.5, 0.6) is 0 Å². The van der Waals surface area contributed by atoms with E-state index in [2.05, 4.69) is 5.10 Å². The van der Waals surface area contributed by atoms with Gasteiger partial charge in [0.1, 0.15) is 11.4 Å². The number of carbonyl (C=O) groups is 2. The molecular formula is C16H26N2O4. The molecule has 0 aromatic heterocycles. The van der Waals surface area contributed by atoms with Crippen molar-refractivity contribution in [2.75, 3.05) is 6.54 Å². The van der Waals surface area contributed by atoms with Crippen LogP contribution in [-0.2, 0) is 9.53 Å². The largest absolute Gasteiger partial charge is 0.512 e. The lowest BCUT2D eigenvalue weighted by atomic mass is 9.90. The highest BCUT2D eigenvalue weighted by Gasteiger charge is 2.27. The van der Waals surface area contributed by atoms with E-state index < -0.39 is 11.7 Å². The Morgan fingerprint density at radius 2 is 1.95 bits per heavy atom. The first-order chi connectivity index (χ1) is 10.2. The molecular weight excluding hydrogens is 284 g/mol. The van der Waals surface area contributed by atoms with Gasteiger partial charge in [-0.2, -0.15) is 10.1 Å². The van der Waals surface area contributed by atoms with E-state index in [4.69, 9.17) is 4.74 Å². The second-order valence-electron chi connectivity index (χ2n) is 6.19. The Bertz CT molecular complexity index is 501. The molecule has 0 radical (unpaired) electrons. The van der Waals surface area contributed by atoms with Crippen LogP contribution in [0.25, 0.3) is 0 Å². The maximum absolute atomic E-state index is 12.1. The van der Waals surface area contributed by atoms with E-state index in [0.29, 0.717) is 37.9 Å². The third-order valence-corrected chi connectivity index (χ3v) is 3.15. The Kier molecular flexibility index (Phi) is 6.14. The molecule has 6 nitrogen and oxygen atoms in total. The number of hydrogen-bond donors (Lipinski definition) is 1. The zero-order valence-electron chi connectivity index (χ0n) is 14.1. The molecule has 0 unspecified atom stereocenters. The van der Waals surface area contributed by atoms with Crippen molar-refractivity contribution in [3.05, 3.63) is 11.3 Å². The lowest BCUT2D eigenvalue weighted by Crippen LogP contribution is -2.35. The van der Waals surface area contributed by atoms with Crippen molar-refractivity contribution in [2.24, 2.45) is 5.10 Å². The summed E-state index contributed by atoms with van der Waals surface area (Å²) in [4.78, 5) is 24.2. The Morgan fingerprint density at radius 3 is 2.45 bits per heavy atom. The molecule has 0 aliphatic heterocycles. The van der Waals surface area contributed by atoms with Crippen LogP contribution in [0.4, 0.5) is 4.79 Å². The van der Waals surface area contributed by atoms with Crippen molar-refractivity contribution in [3.63, 3.8) is 0 Å². The molecule has 22 heavy (non-hydrogen) atoms. The number of rotatable bonds is 3. The molecule has 1 N–H and O–H groups in total. The van der Waals surface area contributed by atoms with E-state index in [-0.39, 0.29) is 17.1 Å². The van der Waals surface area contributed by atoms with Gasteiger partial charge in [-0.15, -0.1) is 0 Å². The van der Waals surface area contributed by atoms with Gasteiger partial charge in [-0.05, 0) is 40.5 Å². The van der Waals surface area contributed by atoms with Crippen molar-refractivity contribution in [1.29, 1.82) is 0 Å². The van der Waals surface area contributed by atoms with Crippen LogP contribution in [0.2, 0.25) is 0 Å². The zero-order valence-corrected chi connectivity index (χ0v) is 14.1. The summed E-state index contributed by atoms with van der Waals surface area (Å²) in [6, 6.07) is 0. The van der Waals surface area contributed by atoms with E-state index in [0.717, 1.165) is 0 Å². The van der Waals surface area contributed by atoms with E-state index in [1.54, 1.807) is 34.6 Å². The Morgan fingerprint density at radius 1 is 1.32 bits per heavy atom. The highest BCUT2D eigenvalue weighted by atomic mass is 16.6. The highest BCUT2D eigenvalue weighted by Crippen LogP contribution is 2.22. The Hall–Kier alpha value is -1.85. The predicted molar refractivity (Wildman–Crippen MR) is 84.9 cm³/mol. The SMILES string of the molecule is CCC(O)=C1C(=O)CCCC1=NN(CC)C(=O)OC(C)(C)C. The lowest BCUT2D eigenvalue weighted by Gasteiger charge is -2.25. The molecule has 0 aromatic rings. The first kappa shape index (κ1) is 18.2. The van der Waals surface area contributed by atoms with Crippen LogP contribution in [0, 0.1) is 0 Å². The molecule has 1 aliphatic carbocycles. The van der Waals surface area contributed by atoms with Gasteiger partial charge in [-0.3, -0.25) is 4.79 Å². The van der Waals surface area contributed by atoms with Crippen molar-refractivity contribution < 1.29 is 19.4 Å². The second-order valence-corrected chi connectivity index (χ2v) is 6.19. The van der Waals surface area contributed by atoms with Crippen LogP contribution in [0.15, 0.2) is 16.4 Å². The topological polar surface area (TPSA) is 79.2 Å². The molecule has 0 bridgehead atoms. The number of aliphatic hydroxyl groups excluding tert-OH is 1. The maximum atomic E-state index is 12.1. The number of allylic oxidation sites excluding steroid dienone is 2. The van der Waals surface area contributed by atoms with Gasteiger partial charge >= 0.3 is 6.09 Å². The van der Waals surface area contributed by atoms with Gasteiger partial charge < -0.3 is 9.84 Å². The van der Waals surface area contributed by atoms with Gasteiger partial charge in [0.05, 0.1) is 11.3 Å². The minimum atomic E-state index is -0.614. The molecule has 0 aromatic carbocycles. The minimum absolute atomic E-state index is 0.0312. The number of ether oxygens (including phenoxy) is 1. The predicted octanol–water partition coefficient (Wildman–Crippen LogP) is 3.57. The van der Waals surface area contributed by atoms with Crippen LogP contribution in [0.1, 0.15) is 60.3 Å². The fourth-order valence-corrected chi connectivity index (χ4v) is 2.13. The second kappa shape index (κ2) is 7.42. The summed E-state index contributed by atoms with van der Waals surface area (Å²) in [5.74, 6) is -0.0896. The average Bonchev–Trinajstić information content (AvgIpc) is 2.42. The summed E-state index contributed by atoms with van der Waals surface area (Å²) in [6.45, 7) is 9.22. The van der Waals surface area contributed by atoms with Crippen LogP contribution < -0.4 is 0 Å². The number of ketones is 1. The van der Waals surface area contributed by atoms with Gasteiger partial charge in [0.2, 0.25) is 0 Å². The maximum Gasteiger partial charge on any atom is 0.430 e. The van der Waals surface area contributed by atoms with Crippen molar-refractivity contribution in [1.82, 2.24) is 5.01 Å². The van der Waals surface area contributed by atoms with Gasteiger partial charge in [-0.25, -0.2) is 4.79 Å². The normalized spacial score (nSPS) is 20.0. The summed E-state index contributed by atoms with van der Waals surface area (Å²) in [5, 5.41) is 15.4. The number of carbonyl (C=O) groups excluding carboxylic acids is 2. The van der Waals surface area contributed by atoms with E-state index in [1.165, 1.54) is 5.01 Å². The molecule has 124 valence electrons. The number of hydrogen-bond acceptors (Lipinski definition) is 5. The van der Waals surface area contributed by atoms with E-state index in [9.17, 15) is 14.7 Å². The third kappa shape index (κ3) is 4.86. The quantitative estimate of drug-likeness (QED) is 0.491. The smallest absolute Gasteiger partial charge is 0.430 e. The lowest BCUT2D eigenvalue weighted by molar-refractivity contribution is -0.115. The molecule has 1 fully saturated rings. The Balaban J connectivity index is 3.09. The van der Waals surface area contributed by atoms with E-state index >= 15 is 0 Å². The zero-order chi connectivity index (χ0) is 16.9. The Labute approximate surface area is 131 Å². The summed E-state index contributed by atoms with van der Waals surface area (Å²) < 4.78 is 5.30. The van der Waals surface area contributed by atoms with Crippen LogP contribution in [0.3, 0.4) is 0 Å². The fourth-order valence-electron chi connectivity index (χ4n) is 2.13. The van der Waals surface area contributed by atoms with Crippen molar-refractivity contribution >= 4 is 17.6 Å². The standard InChI is InChI=1S/C16H26N2O4/c1-6-12(19)14-11(9-8-10-13(14)20)17-18(7-2)15(21)22-16(3,4)5/h19H,6-10H2,1-5H3. The molecule has 0 atom stereocenters. The van der Waals surface area contributed by atoms with Gasteiger partial charge in [0.15, 0.2) is 5.78 Å². The first-order valence-corrected chi connectivity index (χ1v) is 7.73. The first-order valence-electron chi connectivity index (χ1n) is 7.73. The fraction of sp³-hybridized carbons (Fsp3) is 0.688. The molecule has 0 spiro atoms. The summed E-state index contributed by atoms with van der Waals surface area (Å²) in [5.41, 5.74) is 0.108.